The lowest BCUT2D eigenvalue weighted by molar-refractivity contribution is -0.135. The minimum atomic E-state index is -0.595. The van der Waals surface area contributed by atoms with Crippen LogP contribution in [-0.2, 0) is 14.3 Å². The standard InChI is InChI=1S/C9H7NO3/c1-13-9(12)7(4-6-11)8-3-2-5-10-8/h2-5H,1H3/b8-7+. The van der Waals surface area contributed by atoms with Crippen molar-refractivity contribution in [3.8, 4) is 0 Å². The molecule has 1 heterocycles. The van der Waals surface area contributed by atoms with Gasteiger partial charge in [-0.1, -0.05) is 0 Å². The quantitative estimate of drug-likeness (QED) is 0.349. The Morgan fingerprint density at radius 2 is 2.46 bits per heavy atom. The van der Waals surface area contributed by atoms with Crippen LogP contribution < -0.4 is 0 Å². The third-order valence-electron chi connectivity index (χ3n) is 1.44. The first-order valence-electron chi connectivity index (χ1n) is 3.54. The smallest absolute Gasteiger partial charge is 0.340 e. The first kappa shape index (κ1) is 9.16. The summed E-state index contributed by atoms with van der Waals surface area (Å²) in [6.45, 7) is 0. The monoisotopic (exact) mass is 177 g/mol. The number of ether oxygens (including phenoxy) is 1. The zero-order chi connectivity index (χ0) is 9.68. The molecule has 0 bridgehead atoms. The fourth-order valence-electron chi connectivity index (χ4n) is 0.866. The molecular formula is C9H7NO3. The average Bonchev–Trinajstić information content (AvgIpc) is 2.65. The van der Waals surface area contributed by atoms with E-state index < -0.39 is 5.97 Å². The maximum absolute atomic E-state index is 11.1. The number of methoxy groups -OCH3 is 1. The minimum Gasteiger partial charge on any atom is -0.465 e. The molecule has 0 aromatic carbocycles. The number of hydrogen-bond acceptors (Lipinski definition) is 4. The number of nitrogens with zero attached hydrogens (tertiary/aromatic N) is 1. The second kappa shape index (κ2) is 4.18. The number of carbonyl (C=O) groups is 1. The van der Waals surface area contributed by atoms with Crippen molar-refractivity contribution in [3.63, 3.8) is 0 Å². The predicted molar refractivity (Wildman–Crippen MR) is 46.9 cm³/mol. The van der Waals surface area contributed by atoms with Gasteiger partial charge in [-0.3, -0.25) is 4.99 Å². The molecule has 0 aromatic heterocycles. The lowest BCUT2D eigenvalue weighted by Gasteiger charge is -1.98. The van der Waals surface area contributed by atoms with Gasteiger partial charge >= 0.3 is 5.97 Å². The molecule has 66 valence electrons. The Labute approximate surface area is 74.9 Å². The van der Waals surface area contributed by atoms with E-state index in [-0.39, 0.29) is 5.57 Å². The number of allylic oxidation sites excluding steroid dienone is 2. The first-order valence-corrected chi connectivity index (χ1v) is 3.54. The molecular weight excluding hydrogens is 170 g/mol. The molecule has 0 N–H and O–H groups in total. The van der Waals surface area contributed by atoms with Gasteiger partial charge in [0.05, 0.1) is 18.4 Å². The molecule has 4 nitrogen and oxygen atoms in total. The second-order valence-corrected chi connectivity index (χ2v) is 2.19. The molecule has 13 heavy (non-hydrogen) atoms. The van der Waals surface area contributed by atoms with E-state index in [4.69, 9.17) is 0 Å². The molecule has 0 aromatic rings. The third-order valence-corrected chi connectivity index (χ3v) is 1.44. The van der Waals surface area contributed by atoms with Crippen molar-refractivity contribution < 1.29 is 14.3 Å². The van der Waals surface area contributed by atoms with Crippen LogP contribution in [0.15, 0.2) is 34.5 Å². The summed E-state index contributed by atoms with van der Waals surface area (Å²) in [5.74, 6) is 0.923. The average molecular weight is 177 g/mol. The predicted octanol–water partition coefficient (Wildman–Crippen LogP) is 0.442. The lowest BCUT2D eigenvalue weighted by atomic mass is 10.2. The van der Waals surface area contributed by atoms with E-state index >= 15 is 0 Å². The van der Waals surface area contributed by atoms with Crippen LogP contribution in [0.4, 0.5) is 0 Å². The molecule has 0 aliphatic carbocycles. The van der Waals surface area contributed by atoms with Crippen LogP contribution >= 0.6 is 0 Å². The maximum atomic E-state index is 11.1. The highest BCUT2D eigenvalue weighted by Crippen LogP contribution is 2.13. The maximum Gasteiger partial charge on any atom is 0.340 e. The summed E-state index contributed by atoms with van der Waals surface area (Å²) >= 11 is 0. The SMILES string of the molecule is COC(=O)/C(C=C=O)=C1\C=CC=N1. The molecule has 0 radical (unpaired) electrons. The molecule has 0 saturated heterocycles. The molecule has 0 amide bonds. The number of aliphatic imine (C=N–C) groups is 1. The Bertz CT molecular complexity index is 343. The molecule has 0 atom stereocenters. The van der Waals surface area contributed by atoms with Gasteiger partial charge in [-0.15, -0.1) is 0 Å². The number of hydrogen-bond donors (Lipinski definition) is 0. The number of rotatable bonds is 2. The second-order valence-electron chi connectivity index (χ2n) is 2.19. The van der Waals surface area contributed by atoms with Gasteiger partial charge in [0.15, 0.2) is 0 Å². The summed E-state index contributed by atoms with van der Waals surface area (Å²) in [5, 5.41) is 0. The summed E-state index contributed by atoms with van der Waals surface area (Å²) < 4.78 is 4.46. The van der Waals surface area contributed by atoms with E-state index in [1.807, 2.05) is 0 Å². The lowest BCUT2D eigenvalue weighted by Crippen LogP contribution is -2.04. The van der Waals surface area contributed by atoms with Gasteiger partial charge in [-0.25, -0.2) is 9.59 Å². The molecule has 0 fully saturated rings. The Hall–Kier alpha value is -1.93. The highest BCUT2D eigenvalue weighted by Gasteiger charge is 2.12. The van der Waals surface area contributed by atoms with Gasteiger partial charge in [0, 0.05) is 12.3 Å². The van der Waals surface area contributed by atoms with Crippen molar-refractivity contribution >= 4 is 18.1 Å². The van der Waals surface area contributed by atoms with Gasteiger partial charge < -0.3 is 4.74 Å². The van der Waals surface area contributed by atoms with Crippen molar-refractivity contribution in [2.45, 2.75) is 0 Å². The van der Waals surface area contributed by atoms with E-state index in [0.717, 1.165) is 6.08 Å². The Morgan fingerprint density at radius 1 is 1.69 bits per heavy atom. The van der Waals surface area contributed by atoms with E-state index in [1.165, 1.54) is 19.3 Å². The zero-order valence-corrected chi connectivity index (χ0v) is 6.98. The van der Waals surface area contributed by atoms with Crippen LogP contribution in [0.25, 0.3) is 0 Å². The summed E-state index contributed by atoms with van der Waals surface area (Å²) in [4.78, 5) is 25.0. The largest absolute Gasteiger partial charge is 0.465 e. The van der Waals surface area contributed by atoms with Crippen molar-refractivity contribution in [2.75, 3.05) is 7.11 Å². The summed E-state index contributed by atoms with van der Waals surface area (Å²) in [6.07, 6.45) is 5.81. The molecule has 1 rings (SSSR count). The van der Waals surface area contributed by atoms with Crippen molar-refractivity contribution in [1.82, 2.24) is 0 Å². The number of esters is 1. The topological polar surface area (TPSA) is 55.7 Å². The van der Waals surface area contributed by atoms with Gasteiger partial charge in [-0.2, -0.15) is 0 Å². The molecule has 0 unspecified atom stereocenters. The first-order chi connectivity index (χ1) is 6.29. The Balaban J connectivity index is 3.11. The van der Waals surface area contributed by atoms with Gasteiger partial charge in [0.1, 0.15) is 5.94 Å². The molecule has 1 aliphatic rings. The normalized spacial score (nSPS) is 16.7. The molecule has 4 heteroatoms. The molecule has 0 spiro atoms. The van der Waals surface area contributed by atoms with E-state index in [0.29, 0.717) is 5.70 Å². The highest BCUT2D eigenvalue weighted by molar-refractivity contribution is 5.96. The van der Waals surface area contributed by atoms with E-state index in [1.54, 1.807) is 12.2 Å². The van der Waals surface area contributed by atoms with Crippen LogP contribution in [0.1, 0.15) is 0 Å². The summed E-state index contributed by atoms with van der Waals surface area (Å²) in [5.41, 5.74) is 0.526. The van der Waals surface area contributed by atoms with Crippen molar-refractivity contribution in [3.05, 3.63) is 29.5 Å². The van der Waals surface area contributed by atoms with Gasteiger partial charge in [0.25, 0.3) is 0 Å². The minimum absolute atomic E-state index is 0.113. The van der Waals surface area contributed by atoms with Crippen molar-refractivity contribution in [2.24, 2.45) is 4.99 Å². The fourth-order valence-corrected chi connectivity index (χ4v) is 0.866. The van der Waals surface area contributed by atoms with Gasteiger partial charge in [-0.05, 0) is 12.2 Å². The highest BCUT2D eigenvalue weighted by atomic mass is 16.5. The van der Waals surface area contributed by atoms with Crippen LogP contribution in [0.2, 0.25) is 0 Å². The summed E-state index contributed by atoms with van der Waals surface area (Å²) in [6, 6.07) is 0. The van der Waals surface area contributed by atoms with Gasteiger partial charge in [0.2, 0.25) is 0 Å². The van der Waals surface area contributed by atoms with E-state index in [2.05, 4.69) is 9.73 Å². The number of carbonyl (C=O) groups excluding carboxylic acids is 2. The van der Waals surface area contributed by atoms with Crippen LogP contribution in [0.3, 0.4) is 0 Å². The molecule has 0 saturated carbocycles. The Kier molecular flexibility index (Phi) is 2.95. The van der Waals surface area contributed by atoms with Crippen LogP contribution in [-0.4, -0.2) is 25.2 Å². The van der Waals surface area contributed by atoms with Crippen molar-refractivity contribution in [1.29, 1.82) is 0 Å². The van der Waals surface area contributed by atoms with Crippen LogP contribution in [0, 0.1) is 0 Å². The fraction of sp³-hybridized carbons (Fsp3) is 0.111. The van der Waals surface area contributed by atoms with E-state index in [9.17, 15) is 9.59 Å². The Morgan fingerprint density at radius 3 is 2.92 bits per heavy atom. The zero-order valence-electron chi connectivity index (χ0n) is 6.98. The third kappa shape index (κ3) is 2.01. The van der Waals surface area contributed by atoms with Crippen LogP contribution in [0.5, 0.6) is 0 Å². The summed E-state index contributed by atoms with van der Waals surface area (Å²) in [7, 11) is 1.24. The molecule has 1 aliphatic heterocycles.